The summed E-state index contributed by atoms with van der Waals surface area (Å²) < 4.78 is 7.82. The molecule has 0 radical (unpaired) electrons. The predicted molar refractivity (Wildman–Crippen MR) is 102 cm³/mol. The Hall–Kier alpha value is -3.15. The number of nitrogens with zero attached hydrogens (tertiary/aromatic N) is 3. The van der Waals surface area contributed by atoms with Crippen LogP contribution in [0, 0.1) is 0 Å². The molecule has 0 saturated heterocycles. The first-order valence-electron chi connectivity index (χ1n) is 9.26. The molecule has 1 fully saturated rings. The van der Waals surface area contributed by atoms with Gasteiger partial charge >= 0.3 is 6.01 Å². The lowest BCUT2D eigenvalue weighted by atomic mass is 9.92. The van der Waals surface area contributed by atoms with E-state index in [0.717, 1.165) is 31.4 Å². The van der Waals surface area contributed by atoms with Crippen LogP contribution in [0.5, 0.6) is 6.01 Å². The van der Waals surface area contributed by atoms with E-state index in [0.29, 0.717) is 11.6 Å². The van der Waals surface area contributed by atoms with E-state index in [1.807, 2.05) is 53.4 Å². The van der Waals surface area contributed by atoms with Crippen molar-refractivity contribution >= 4 is 5.91 Å². The van der Waals surface area contributed by atoms with Crippen molar-refractivity contribution in [3.05, 3.63) is 72.8 Å². The van der Waals surface area contributed by atoms with Crippen LogP contribution < -0.4 is 10.1 Å². The molecule has 1 aromatic carbocycles. The number of ether oxygens (including phenoxy) is 1. The maximum Gasteiger partial charge on any atom is 0.316 e. The summed E-state index contributed by atoms with van der Waals surface area (Å²) >= 11 is 0. The van der Waals surface area contributed by atoms with Crippen molar-refractivity contribution in [3.8, 4) is 11.7 Å². The lowest BCUT2D eigenvalue weighted by Crippen LogP contribution is -2.39. The zero-order valence-electron chi connectivity index (χ0n) is 15.0. The standard InChI is InChI=1S/C21H22N4O2/c26-20(16-4-8-18(9-5-16)25-14-1-2-15-25)24-17-6-10-19(11-7-17)27-21-22-12-3-13-23-21/h1-5,8-9,12-15,17,19H,6-7,10-11H2,(H,24,26). The van der Waals surface area contributed by atoms with Crippen LogP contribution in [0.25, 0.3) is 5.69 Å². The second-order valence-electron chi connectivity index (χ2n) is 6.73. The van der Waals surface area contributed by atoms with Gasteiger partial charge in [-0.25, -0.2) is 9.97 Å². The van der Waals surface area contributed by atoms with Gasteiger partial charge in [-0.05, 0) is 68.1 Å². The van der Waals surface area contributed by atoms with Crippen molar-refractivity contribution in [1.29, 1.82) is 0 Å². The monoisotopic (exact) mass is 362 g/mol. The third-order valence-electron chi connectivity index (χ3n) is 4.86. The molecule has 0 unspecified atom stereocenters. The summed E-state index contributed by atoms with van der Waals surface area (Å²) in [5.41, 5.74) is 1.72. The van der Waals surface area contributed by atoms with Crippen LogP contribution in [0.4, 0.5) is 0 Å². The molecule has 138 valence electrons. The molecule has 6 heteroatoms. The fourth-order valence-electron chi connectivity index (χ4n) is 3.38. The average Bonchev–Trinajstić information content (AvgIpc) is 3.25. The number of aromatic nitrogens is 3. The van der Waals surface area contributed by atoms with Gasteiger partial charge in [-0.15, -0.1) is 0 Å². The van der Waals surface area contributed by atoms with E-state index in [1.54, 1.807) is 18.5 Å². The highest BCUT2D eigenvalue weighted by atomic mass is 16.5. The Bertz CT molecular complexity index is 855. The summed E-state index contributed by atoms with van der Waals surface area (Å²) in [7, 11) is 0. The topological polar surface area (TPSA) is 69.0 Å². The van der Waals surface area contributed by atoms with Crippen LogP contribution in [0.2, 0.25) is 0 Å². The minimum atomic E-state index is -0.0233. The van der Waals surface area contributed by atoms with E-state index in [9.17, 15) is 4.79 Å². The molecular formula is C21H22N4O2. The number of hydrogen-bond donors (Lipinski definition) is 1. The lowest BCUT2D eigenvalue weighted by Gasteiger charge is -2.28. The summed E-state index contributed by atoms with van der Waals surface area (Å²) in [4.78, 5) is 20.7. The number of carbonyl (C=O) groups excluding carboxylic acids is 1. The first kappa shape index (κ1) is 17.3. The van der Waals surface area contributed by atoms with Crippen molar-refractivity contribution in [2.75, 3.05) is 0 Å². The maximum atomic E-state index is 12.5. The van der Waals surface area contributed by atoms with Gasteiger partial charge < -0.3 is 14.6 Å². The third kappa shape index (κ3) is 4.34. The molecule has 1 aliphatic rings. The van der Waals surface area contributed by atoms with E-state index in [4.69, 9.17) is 4.74 Å². The van der Waals surface area contributed by atoms with Gasteiger partial charge in [-0.1, -0.05) is 0 Å². The Balaban J connectivity index is 1.28. The molecule has 2 aromatic heterocycles. The predicted octanol–water partition coefficient (Wildman–Crippen LogP) is 3.39. The quantitative estimate of drug-likeness (QED) is 0.755. The summed E-state index contributed by atoms with van der Waals surface area (Å²) in [6.45, 7) is 0. The van der Waals surface area contributed by atoms with Gasteiger partial charge in [0.15, 0.2) is 0 Å². The molecule has 4 rings (SSSR count). The Morgan fingerprint density at radius 2 is 1.63 bits per heavy atom. The number of benzene rings is 1. The lowest BCUT2D eigenvalue weighted by molar-refractivity contribution is 0.0885. The molecule has 1 N–H and O–H groups in total. The molecule has 27 heavy (non-hydrogen) atoms. The largest absolute Gasteiger partial charge is 0.460 e. The Morgan fingerprint density at radius 3 is 2.30 bits per heavy atom. The van der Waals surface area contributed by atoms with Gasteiger partial charge in [-0.2, -0.15) is 0 Å². The SMILES string of the molecule is O=C(NC1CCC(Oc2ncccn2)CC1)c1ccc(-n2cccc2)cc1. The summed E-state index contributed by atoms with van der Waals surface area (Å²) in [5, 5.41) is 3.14. The van der Waals surface area contributed by atoms with E-state index >= 15 is 0 Å². The highest BCUT2D eigenvalue weighted by Crippen LogP contribution is 2.22. The Morgan fingerprint density at radius 1 is 0.963 bits per heavy atom. The number of hydrogen-bond acceptors (Lipinski definition) is 4. The first-order valence-corrected chi connectivity index (χ1v) is 9.26. The first-order chi connectivity index (χ1) is 13.3. The summed E-state index contributed by atoms with van der Waals surface area (Å²) in [6, 6.07) is 14.0. The van der Waals surface area contributed by atoms with E-state index in [1.165, 1.54) is 0 Å². The van der Waals surface area contributed by atoms with Gasteiger partial charge in [0.1, 0.15) is 6.10 Å². The molecule has 2 heterocycles. The number of amides is 1. The molecule has 1 saturated carbocycles. The average molecular weight is 362 g/mol. The van der Waals surface area contributed by atoms with E-state index in [-0.39, 0.29) is 18.1 Å². The van der Waals surface area contributed by atoms with Crippen molar-refractivity contribution in [1.82, 2.24) is 19.9 Å². The normalized spacial score (nSPS) is 19.4. The van der Waals surface area contributed by atoms with Crippen molar-refractivity contribution in [2.24, 2.45) is 0 Å². The van der Waals surface area contributed by atoms with Crippen LogP contribution in [0.3, 0.4) is 0 Å². The number of nitrogens with one attached hydrogen (secondary N) is 1. The smallest absolute Gasteiger partial charge is 0.316 e. The fraction of sp³-hybridized carbons (Fsp3) is 0.286. The molecule has 1 amide bonds. The van der Waals surface area contributed by atoms with Gasteiger partial charge in [0.2, 0.25) is 0 Å². The number of carbonyl (C=O) groups is 1. The van der Waals surface area contributed by atoms with Gasteiger partial charge in [0, 0.05) is 42.1 Å². The van der Waals surface area contributed by atoms with Crippen LogP contribution in [-0.4, -0.2) is 32.6 Å². The fourth-order valence-corrected chi connectivity index (χ4v) is 3.38. The second-order valence-corrected chi connectivity index (χ2v) is 6.73. The molecule has 0 bridgehead atoms. The van der Waals surface area contributed by atoms with Gasteiger partial charge in [0.25, 0.3) is 5.91 Å². The van der Waals surface area contributed by atoms with Crippen LogP contribution >= 0.6 is 0 Å². The van der Waals surface area contributed by atoms with Gasteiger partial charge in [0.05, 0.1) is 0 Å². The third-order valence-corrected chi connectivity index (χ3v) is 4.86. The summed E-state index contributed by atoms with van der Waals surface area (Å²) in [6.07, 6.45) is 11.0. The van der Waals surface area contributed by atoms with Crippen molar-refractivity contribution in [3.63, 3.8) is 0 Å². The van der Waals surface area contributed by atoms with E-state index in [2.05, 4.69) is 15.3 Å². The maximum absolute atomic E-state index is 12.5. The van der Waals surface area contributed by atoms with Crippen LogP contribution in [0.15, 0.2) is 67.3 Å². The number of rotatable bonds is 5. The minimum Gasteiger partial charge on any atom is -0.460 e. The zero-order chi connectivity index (χ0) is 18.5. The van der Waals surface area contributed by atoms with Crippen molar-refractivity contribution in [2.45, 2.75) is 37.8 Å². The highest BCUT2D eigenvalue weighted by molar-refractivity contribution is 5.94. The van der Waals surface area contributed by atoms with Crippen LogP contribution in [-0.2, 0) is 0 Å². The van der Waals surface area contributed by atoms with Gasteiger partial charge in [-0.3, -0.25) is 4.79 Å². The molecule has 6 nitrogen and oxygen atoms in total. The molecule has 0 spiro atoms. The Labute approximate surface area is 158 Å². The molecule has 0 atom stereocenters. The molecular weight excluding hydrogens is 340 g/mol. The highest BCUT2D eigenvalue weighted by Gasteiger charge is 2.24. The minimum absolute atomic E-state index is 0.0233. The van der Waals surface area contributed by atoms with Crippen LogP contribution in [0.1, 0.15) is 36.0 Å². The Kier molecular flexibility index (Phi) is 5.14. The van der Waals surface area contributed by atoms with Crippen molar-refractivity contribution < 1.29 is 9.53 Å². The van der Waals surface area contributed by atoms with E-state index < -0.39 is 0 Å². The zero-order valence-corrected chi connectivity index (χ0v) is 15.0. The molecule has 0 aliphatic heterocycles. The summed E-state index contributed by atoms with van der Waals surface area (Å²) in [5.74, 6) is -0.0233. The second kappa shape index (κ2) is 8.03. The molecule has 3 aromatic rings. The molecule has 1 aliphatic carbocycles.